The molecule has 1 aliphatic rings. The minimum atomic E-state index is -1.09. The molecule has 0 radical (unpaired) electrons. The van der Waals surface area contributed by atoms with E-state index in [0.29, 0.717) is 17.7 Å². The maximum Gasteiger partial charge on any atom is 0.251 e. The summed E-state index contributed by atoms with van der Waals surface area (Å²) in [5.74, 6) is -0.140. The van der Waals surface area contributed by atoms with Gasteiger partial charge in [-0.3, -0.25) is 4.79 Å². The van der Waals surface area contributed by atoms with Crippen molar-refractivity contribution in [1.82, 2.24) is 25.0 Å². The number of ether oxygens (including phenoxy) is 1. The molecule has 10 heteroatoms. The van der Waals surface area contributed by atoms with Crippen LogP contribution in [-0.2, 0) is 9.53 Å². The number of carbonyl (C=O) groups excluding carboxylic acids is 1. The Morgan fingerprint density at radius 2 is 2.41 bits per heavy atom. The lowest BCUT2D eigenvalue weighted by atomic mass is 10.1. The number of hydrogen-bond acceptors (Lipinski definition) is 8. The highest BCUT2D eigenvalue weighted by Gasteiger charge is 2.42. The molecule has 3 heterocycles. The molecule has 10 nitrogen and oxygen atoms in total. The Morgan fingerprint density at radius 1 is 1.59 bits per heavy atom. The van der Waals surface area contributed by atoms with Crippen LogP contribution in [0.5, 0.6) is 0 Å². The first-order valence-electron chi connectivity index (χ1n) is 6.80. The van der Waals surface area contributed by atoms with Crippen LogP contribution in [0.25, 0.3) is 11.2 Å². The van der Waals surface area contributed by atoms with Gasteiger partial charge < -0.3 is 25.7 Å². The van der Waals surface area contributed by atoms with Crippen LogP contribution in [0.3, 0.4) is 0 Å². The molecule has 118 valence electrons. The van der Waals surface area contributed by atoms with Gasteiger partial charge in [-0.2, -0.15) is 4.73 Å². The summed E-state index contributed by atoms with van der Waals surface area (Å²) in [6.45, 7) is 2.32. The molecule has 4 N–H and O–H groups in total. The van der Waals surface area contributed by atoms with Gasteiger partial charge in [-0.15, -0.1) is 0 Å². The molecule has 1 aliphatic heterocycles. The Kier molecular flexibility index (Phi) is 3.77. The van der Waals surface area contributed by atoms with Crippen molar-refractivity contribution in [2.24, 2.45) is 0 Å². The monoisotopic (exact) mass is 308 g/mol. The summed E-state index contributed by atoms with van der Waals surface area (Å²) in [5.41, 5.74) is 6.47. The predicted octanol–water partition coefficient (Wildman–Crippen LogP) is -1.90. The lowest BCUT2D eigenvalue weighted by Crippen LogP contribution is -2.45. The minimum Gasteiger partial charge on any atom is -0.402 e. The lowest BCUT2D eigenvalue weighted by molar-refractivity contribution is -0.134. The molecule has 0 bridgehead atoms. The van der Waals surface area contributed by atoms with Crippen LogP contribution in [0.4, 0.5) is 5.82 Å². The van der Waals surface area contributed by atoms with Crippen molar-refractivity contribution >= 4 is 22.9 Å². The second-order valence-electron chi connectivity index (χ2n) is 4.78. The molecule has 1 saturated heterocycles. The lowest BCUT2D eigenvalue weighted by Gasteiger charge is -2.18. The van der Waals surface area contributed by atoms with Crippen LogP contribution < -0.4 is 15.9 Å². The Balaban J connectivity index is 1.76. The van der Waals surface area contributed by atoms with E-state index in [2.05, 4.69) is 20.3 Å². The van der Waals surface area contributed by atoms with Gasteiger partial charge in [-0.05, 0) is 6.92 Å². The Hall–Kier alpha value is -2.46. The molecule has 1 amide bonds. The molecule has 0 spiro atoms. The van der Waals surface area contributed by atoms with E-state index < -0.39 is 18.3 Å². The molecule has 3 rings (SSSR count). The number of fused-ring (bicyclic) bond motifs is 1. The van der Waals surface area contributed by atoms with Crippen molar-refractivity contribution in [1.29, 1.82) is 0 Å². The van der Waals surface area contributed by atoms with E-state index in [1.54, 1.807) is 6.92 Å². The maximum absolute atomic E-state index is 11.8. The first-order chi connectivity index (χ1) is 10.6. The van der Waals surface area contributed by atoms with Crippen molar-refractivity contribution in [2.75, 3.05) is 18.9 Å². The van der Waals surface area contributed by atoms with Gasteiger partial charge in [-0.25, -0.2) is 15.0 Å². The summed E-state index contributed by atoms with van der Waals surface area (Å²) in [7, 11) is 0. The quantitative estimate of drug-likeness (QED) is 0.595. The van der Waals surface area contributed by atoms with E-state index in [1.165, 1.54) is 17.4 Å². The van der Waals surface area contributed by atoms with Crippen LogP contribution in [0.15, 0.2) is 12.7 Å². The summed E-state index contributed by atoms with van der Waals surface area (Å²) in [6.07, 6.45) is -0.107. The van der Waals surface area contributed by atoms with Crippen LogP contribution >= 0.6 is 0 Å². The van der Waals surface area contributed by atoms with Crippen molar-refractivity contribution in [3.8, 4) is 0 Å². The number of nitrogens with one attached hydrogen (secondary N) is 1. The highest BCUT2D eigenvalue weighted by molar-refractivity contribution is 5.82. The van der Waals surface area contributed by atoms with Crippen LogP contribution in [0.1, 0.15) is 6.92 Å². The van der Waals surface area contributed by atoms with Gasteiger partial charge in [0.1, 0.15) is 18.8 Å². The van der Waals surface area contributed by atoms with Gasteiger partial charge in [0.2, 0.25) is 5.65 Å². The number of carbonyl (C=O) groups is 1. The molecular formula is C12H16N6O4. The van der Waals surface area contributed by atoms with E-state index >= 15 is 0 Å². The van der Waals surface area contributed by atoms with E-state index in [-0.39, 0.29) is 18.3 Å². The van der Waals surface area contributed by atoms with E-state index in [9.17, 15) is 9.90 Å². The standard InChI is InChI=1S/C12H16N6O4/c1-2-14-12(20)9-8(19)6(3-21-9)22-18-5-17-7-10(13)15-4-16-11(7)18/h4-6,8-9,19H,2-3H2,1H3,(H,14,20)(H2,13,15,16)/t6-,8-,9-/m0/s1. The highest BCUT2D eigenvalue weighted by Crippen LogP contribution is 2.18. The second-order valence-corrected chi connectivity index (χ2v) is 4.78. The van der Waals surface area contributed by atoms with Gasteiger partial charge >= 0.3 is 0 Å². The highest BCUT2D eigenvalue weighted by atomic mass is 16.7. The molecule has 2 aromatic heterocycles. The zero-order chi connectivity index (χ0) is 15.7. The third-order valence-corrected chi connectivity index (χ3v) is 3.32. The SMILES string of the molecule is CCNC(=O)[C@H]1OC[C@H](On2cnc3c(N)ncnc32)[C@@H]1O. The molecule has 22 heavy (non-hydrogen) atoms. The zero-order valence-corrected chi connectivity index (χ0v) is 11.8. The summed E-state index contributed by atoms with van der Waals surface area (Å²) in [4.78, 5) is 29.3. The Bertz CT molecular complexity index is 689. The molecular weight excluding hydrogens is 292 g/mol. The summed E-state index contributed by atoms with van der Waals surface area (Å²) < 4.78 is 6.58. The van der Waals surface area contributed by atoms with Crippen LogP contribution in [-0.4, -0.2) is 62.2 Å². The Labute approximate surface area is 125 Å². The summed E-state index contributed by atoms with van der Waals surface area (Å²) >= 11 is 0. The fraction of sp³-hybridized carbons (Fsp3) is 0.500. The van der Waals surface area contributed by atoms with Crippen LogP contribution in [0.2, 0.25) is 0 Å². The van der Waals surface area contributed by atoms with Gasteiger partial charge in [0.05, 0.1) is 6.61 Å². The number of aliphatic hydroxyl groups excluding tert-OH is 1. The van der Waals surface area contributed by atoms with Crippen molar-refractivity contribution < 1.29 is 19.5 Å². The van der Waals surface area contributed by atoms with Crippen molar-refractivity contribution in [2.45, 2.75) is 25.2 Å². The average Bonchev–Trinajstić information content (AvgIpc) is 3.06. The zero-order valence-electron chi connectivity index (χ0n) is 11.8. The predicted molar refractivity (Wildman–Crippen MR) is 74.5 cm³/mol. The molecule has 0 saturated carbocycles. The molecule has 1 fully saturated rings. The van der Waals surface area contributed by atoms with Gasteiger partial charge in [0.25, 0.3) is 5.91 Å². The number of nitrogen functional groups attached to an aromatic ring is 1. The topological polar surface area (TPSA) is 137 Å². The van der Waals surface area contributed by atoms with Gasteiger partial charge in [0, 0.05) is 6.54 Å². The first-order valence-corrected chi connectivity index (χ1v) is 6.80. The molecule has 0 unspecified atom stereocenters. The number of imidazole rings is 1. The van der Waals surface area contributed by atoms with Gasteiger partial charge in [-0.1, -0.05) is 0 Å². The second kappa shape index (κ2) is 5.73. The van der Waals surface area contributed by atoms with Gasteiger partial charge in [0.15, 0.2) is 23.5 Å². The number of anilines is 1. The largest absolute Gasteiger partial charge is 0.402 e. The molecule has 2 aromatic rings. The number of nitrogens with zero attached hydrogens (tertiary/aromatic N) is 4. The van der Waals surface area contributed by atoms with E-state index in [0.717, 1.165) is 0 Å². The number of nitrogens with two attached hydrogens (primary N) is 1. The fourth-order valence-corrected chi connectivity index (χ4v) is 2.24. The normalized spacial score (nSPS) is 24.5. The number of amides is 1. The number of aliphatic hydroxyl groups is 1. The maximum atomic E-state index is 11.8. The number of hydrogen-bond donors (Lipinski definition) is 3. The summed E-state index contributed by atoms with van der Waals surface area (Å²) in [5, 5.41) is 12.8. The fourth-order valence-electron chi connectivity index (χ4n) is 2.24. The molecule has 3 atom stereocenters. The smallest absolute Gasteiger partial charge is 0.251 e. The third kappa shape index (κ3) is 2.42. The molecule has 0 aliphatic carbocycles. The van der Waals surface area contributed by atoms with E-state index in [1.807, 2.05) is 0 Å². The average molecular weight is 308 g/mol. The van der Waals surface area contributed by atoms with Crippen LogP contribution in [0, 0.1) is 0 Å². The first kappa shape index (κ1) is 14.5. The molecule has 0 aromatic carbocycles. The number of aromatic nitrogens is 4. The minimum absolute atomic E-state index is 0.0726. The number of rotatable bonds is 4. The van der Waals surface area contributed by atoms with E-state index in [4.69, 9.17) is 15.3 Å². The number of likely N-dealkylation sites (N-methyl/N-ethyl adjacent to an activating group) is 1. The Morgan fingerprint density at radius 3 is 3.18 bits per heavy atom. The third-order valence-electron chi connectivity index (χ3n) is 3.32. The van der Waals surface area contributed by atoms with Crippen molar-refractivity contribution in [3.05, 3.63) is 12.7 Å². The summed E-state index contributed by atoms with van der Waals surface area (Å²) in [6, 6.07) is 0. The van der Waals surface area contributed by atoms with Crippen molar-refractivity contribution in [3.63, 3.8) is 0 Å².